The third kappa shape index (κ3) is 3.67. The van der Waals surface area contributed by atoms with Crippen LogP contribution in [0.3, 0.4) is 0 Å². The topological polar surface area (TPSA) is 104 Å². The highest BCUT2D eigenvalue weighted by Crippen LogP contribution is 1.92. The smallest absolute Gasteiger partial charge is 0.325 e. The van der Waals surface area contributed by atoms with E-state index in [-0.39, 0.29) is 6.54 Å². The fraction of sp³-hybridized carbons (Fsp3) is 0.375. The van der Waals surface area contributed by atoms with Gasteiger partial charge in [0.25, 0.3) is 0 Å². The lowest BCUT2D eigenvalue weighted by Gasteiger charge is -2.09. The molecule has 0 bridgehead atoms. The van der Waals surface area contributed by atoms with Gasteiger partial charge in [0.15, 0.2) is 0 Å². The normalized spacial score (nSPS) is 11.8. The highest BCUT2D eigenvalue weighted by atomic mass is 16.5. The quantitative estimate of drug-likeness (QED) is 0.650. The number of amides is 2. The van der Waals surface area contributed by atoms with Crippen LogP contribution in [0.2, 0.25) is 0 Å². The van der Waals surface area contributed by atoms with Crippen LogP contribution in [0.1, 0.15) is 12.6 Å². The zero-order chi connectivity index (χ0) is 11.3. The molecule has 0 aliphatic carbocycles. The van der Waals surface area contributed by atoms with E-state index >= 15 is 0 Å². The van der Waals surface area contributed by atoms with Crippen molar-refractivity contribution < 1.29 is 19.2 Å². The highest BCUT2D eigenvalue weighted by molar-refractivity contribution is 5.82. The summed E-state index contributed by atoms with van der Waals surface area (Å²) in [6.45, 7) is 1.56. The number of urea groups is 1. The van der Waals surface area contributed by atoms with E-state index in [4.69, 9.17) is 5.11 Å². The van der Waals surface area contributed by atoms with E-state index in [1.165, 1.54) is 13.2 Å². The molecule has 1 aromatic rings. The van der Waals surface area contributed by atoms with Crippen LogP contribution in [0, 0.1) is 0 Å². The summed E-state index contributed by atoms with van der Waals surface area (Å²) in [5.74, 6) is -1.09. The van der Waals surface area contributed by atoms with Gasteiger partial charge < -0.3 is 20.3 Å². The average Bonchev–Trinajstić information content (AvgIpc) is 2.66. The molecule has 7 nitrogen and oxygen atoms in total. The van der Waals surface area contributed by atoms with Gasteiger partial charge in [-0.1, -0.05) is 5.16 Å². The number of nitrogens with zero attached hydrogens (tertiary/aromatic N) is 1. The molecule has 0 unspecified atom stereocenters. The first-order valence-electron chi connectivity index (χ1n) is 4.26. The van der Waals surface area contributed by atoms with Crippen LogP contribution in [0.15, 0.2) is 16.9 Å². The van der Waals surface area contributed by atoms with Crippen molar-refractivity contribution in [3.63, 3.8) is 0 Å². The molecule has 1 heterocycles. The summed E-state index contributed by atoms with van der Waals surface area (Å²) < 4.78 is 4.55. The summed E-state index contributed by atoms with van der Waals surface area (Å²) in [6, 6.07) is 0.108. The maximum absolute atomic E-state index is 11.1. The maximum Gasteiger partial charge on any atom is 0.325 e. The Morgan fingerprint density at radius 3 is 2.93 bits per heavy atom. The third-order valence-electron chi connectivity index (χ3n) is 1.64. The number of hydrogen-bond donors (Lipinski definition) is 3. The molecule has 7 heteroatoms. The van der Waals surface area contributed by atoms with Gasteiger partial charge in [-0.3, -0.25) is 4.79 Å². The Labute approximate surface area is 85.4 Å². The van der Waals surface area contributed by atoms with Gasteiger partial charge in [-0.05, 0) is 6.92 Å². The molecule has 0 radical (unpaired) electrons. The maximum atomic E-state index is 11.1. The monoisotopic (exact) mass is 213 g/mol. The van der Waals surface area contributed by atoms with Gasteiger partial charge in [-0.15, -0.1) is 0 Å². The molecule has 15 heavy (non-hydrogen) atoms. The van der Waals surface area contributed by atoms with Crippen LogP contribution in [0.25, 0.3) is 0 Å². The van der Waals surface area contributed by atoms with Crippen LogP contribution in [-0.4, -0.2) is 28.3 Å². The lowest BCUT2D eigenvalue weighted by atomic mass is 10.3. The number of carbonyl (C=O) groups is 2. The first-order chi connectivity index (χ1) is 7.09. The molecule has 0 aliphatic rings. The molecular formula is C8H11N3O4. The summed E-state index contributed by atoms with van der Waals surface area (Å²) >= 11 is 0. The third-order valence-corrected chi connectivity index (χ3v) is 1.64. The van der Waals surface area contributed by atoms with Gasteiger partial charge in [0.2, 0.25) is 0 Å². The standard InChI is InChI=1S/C8H11N3O4/c1-5(7(12)13)10-8(14)9-4-6-2-3-15-11-6/h2-3,5H,4H2,1H3,(H,12,13)(H2,9,10,14)/t5-/m1/s1. The molecule has 1 atom stereocenters. The Morgan fingerprint density at radius 2 is 2.40 bits per heavy atom. The van der Waals surface area contributed by atoms with Gasteiger partial charge in [0, 0.05) is 6.07 Å². The molecule has 0 aliphatic heterocycles. The van der Waals surface area contributed by atoms with Crippen LogP contribution < -0.4 is 10.6 Å². The minimum atomic E-state index is -1.09. The van der Waals surface area contributed by atoms with E-state index in [9.17, 15) is 9.59 Å². The Balaban J connectivity index is 2.28. The van der Waals surface area contributed by atoms with Crippen molar-refractivity contribution in [1.82, 2.24) is 15.8 Å². The van der Waals surface area contributed by atoms with Crippen LogP contribution in [0.4, 0.5) is 4.79 Å². The van der Waals surface area contributed by atoms with Crippen LogP contribution >= 0.6 is 0 Å². The number of hydrogen-bond acceptors (Lipinski definition) is 4. The lowest BCUT2D eigenvalue weighted by Crippen LogP contribution is -2.44. The summed E-state index contributed by atoms with van der Waals surface area (Å²) in [4.78, 5) is 21.5. The van der Waals surface area contributed by atoms with E-state index in [1.54, 1.807) is 6.07 Å². The molecule has 1 rings (SSSR count). The predicted molar refractivity (Wildman–Crippen MR) is 49.0 cm³/mol. The number of rotatable bonds is 4. The second-order valence-corrected chi connectivity index (χ2v) is 2.88. The Kier molecular flexibility index (Phi) is 3.67. The van der Waals surface area contributed by atoms with Gasteiger partial charge >= 0.3 is 12.0 Å². The number of carbonyl (C=O) groups excluding carboxylic acids is 1. The van der Waals surface area contributed by atoms with E-state index in [0.29, 0.717) is 5.69 Å². The molecule has 0 aromatic carbocycles. The van der Waals surface area contributed by atoms with Crippen molar-refractivity contribution in [2.75, 3.05) is 0 Å². The van der Waals surface area contributed by atoms with Crippen molar-refractivity contribution in [2.45, 2.75) is 19.5 Å². The number of carboxylic acids is 1. The van der Waals surface area contributed by atoms with Crippen molar-refractivity contribution in [1.29, 1.82) is 0 Å². The van der Waals surface area contributed by atoms with Gasteiger partial charge in [0.1, 0.15) is 18.0 Å². The summed E-state index contributed by atoms with van der Waals surface area (Å²) in [7, 11) is 0. The SMILES string of the molecule is C[C@@H](NC(=O)NCc1ccon1)C(=O)O. The van der Waals surface area contributed by atoms with Gasteiger partial charge in [-0.2, -0.15) is 0 Å². The average molecular weight is 213 g/mol. The van der Waals surface area contributed by atoms with Crippen molar-refractivity contribution in [3.05, 3.63) is 18.0 Å². The van der Waals surface area contributed by atoms with Crippen LogP contribution in [0.5, 0.6) is 0 Å². The zero-order valence-electron chi connectivity index (χ0n) is 8.06. The van der Waals surface area contributed by atoms with E-state index in [1.807, 2.05) is 0 Å². The van der Waals surface area contributed by atoms with Crippen molar-refractivity contribution >= 4 is 12.0 Å². The minimum absolute atomic E-state index is 0.189. The Morgan fingerprint density at radius 1 is 1.67 bits per heavy atom. The second kappa shape index (κ2) is 4.99. The van der Waals surface area contributed by atoms with E-state index < -0.39 is 18.0 Å². The molecule has 0 saturated carbocycles. The highest BCUT2D eigenvalue weighted by Gasteiger charge is 2.13. The van der Waals surface area contributed by atoms with E-state index in [2.05, 4.69) is 20.3 Å². The largest absolute Gasteiger partial charge is 0.480 e. The molecule has 0 saturated heterocycles. The molecule has 0 spiro atoms. The Hall–Kier alpha value is -2.05. The van der Waals surface area contributed by atoms with Gasteiger partial charge in [-0.25, -0.2) is 4.79 Å². The van der Waals surface area contributed by atoms with E-state index in [0.717, 1.165) is 0 Å². The minimum Gasteiger partial charge on any atom is -0.480 e. The first-order valence-corrected chi connectivity index (χ1v) is 4.26. The number of nitrogens with one attached hydrogen (secondary N) is 2. The molecule has 2 amide bonds. The molecule has 1 aromatic heterocycles. The summed E-state index contributed by atoms with van der Waals surface area (Å²) in [5, 5.41) is 16.8. The zero-order valence-corrected chi connectivity index (χ0v) is 8.06. The molecule has 82 valence electrons. The van der Waals surface area contributed by atoms with Gasteiger partial charge in [0.05, 0.1) is 6.54 Å². The number of aromatic nitrogens is 1. The van der Waals surface area contributed by atoms with Crippen molar-refractivity contribution in [2.24, 2.45) is 0 Å². The summed E-state index contributed by atoms with van der Waals surface area (Å²) in [6.07, 6.45) is 1.38. The lowest BCUT2D eigenvalue weighted by molar-refractivity contribution is -0.138. The molecule has 3 N–H and O–H groups in total. The predicted octanol–water partition coefficient (Wildman–Crippen LogP) is -0.0531. The van der Waals surface area contributed by atoms with Crippen molar-refractivity contribution in [3.8, 4) is 0 Å². The number of carboxylic acid groups (broad SMARTS) is 1. The fourth-order valence-corrected chi connectivity index (χ4v) is 0.809. The summed E-state index contributed by atoms with van der Waals surface area (Å²) in [5.41, 5.74) is 0.563. The second-order valence-electron chi connectivity index (χ2n) is 2.88. The first kappa shape index (κ1) is 11.0. The van der Waals surface area contributed by atoms with Crippen LogP contribution in [-0.2, 0) is 11.3 Å². The Bertz CT molecular complexity index is 336. The molecular weight excluding hydrogens is 202 g/mol. The fourth-order valence-electron chi connectivity index (χ4n) is 0.809. The number of aliphatic carboxylic acids is 1. The molecule has 0 fully saturated rings.